The van der Waals surface area contributed by atoms with Crippen LogP contribution in [0.2, 0.25) is 0 Å². The minimum Gasteiger partial charge on any atom is -0.358 e. The van der Waals surface area contributed by atoms with Gasteiger partial charge in [-0.2, -0.15) is 0 Å². The van der Waals surface area contributed by atoms with E-state index < -0.39 is 0 Å². The monoisotopic (exact) mass is 257 g/mol. The second kappa shape index (κ2) is 4.68. The fourth-order valence-corrected chi connectivity index (χ4v) is 2.73. The Morgan fingerprint density at radius 3 is 2.58 bits per heavy atom. The Morgan fingerprint density at radius 1 is 1.11 bits per heavy atom. The van der Waals surface area contributed by atoms with Gasteiger partial charge in [0.25, 0.3) is 5.56 Å². The second-order valence-electron chi connectivity index (χ2n) is 5.25. The molecule has 1 aliphatic rings. The van der Waals surface area contributed by atoms with Crippen molar-refractivity contribution >= 4 is 11.5 Å². The molecule has 0 aliphatic carbocycles. The Morgan fingerprint density at radius 2 is 1.84 bits per heavy atom. The molecule has 0 bridgehead atoms. The van der Waals surface area contributed by atoms with E-state index in [1.165, 1.54) is 19.3 Å². The van der Waals surface area contributed by atoms with E-state index >= 15 is 0 Å². The number of anilines is 1. The Bertz CT molecular complexity index is 669. The summed E-state index contributed by atoms with van der Waals surface area (Å²) in [6.07, 6.45) is 3.68. The van der Waals surface area contributed by atoms with Crippen LogP contribution in [0.15, 0.2) is 23.0 Å². The first-order valence-electron chi connectivity index (χ1n) is 6.92. The predicted octanol–water partition coefficient (Wildman–Crippen LogP) is 2.30. The van der Waals surface area contributed by atoms with Gasteiger partial charge in [0.2, 0.25) is 0 Å². The van der Waals surface area contributed by atoms with E-state index in [9.17, 15) is 4.79 Å². The fraction of sp³-hybridized carbons (Fsp3) is 0.467. The minimum absolute atomic E-state index is 0.0590. The third kappa shape index (κ3) is 2.01. The van der Waals surface area contributed by atoms with Gasteiger partial charge < -0.3 is 4.90 Å². The average Bonchev–Trinajstić information content (AvgIpc) is 2.45. The smallest absolute Gasteiger partial charge is 0.262 e. The van der Waals surface area contributed by atoms with E-state index in [-0.39, 0.29) is 5.56 Å². The van der Waals surface area contributed by atoms with Crippen molar-refractivity contribution in [1.82, 2.24) is 9.38 Å². The number of rotatable bonds is 1. The summed E-state index contributed by atoms with van der Waals surface area (Å²) in [6.45, 7) is 5.80. The maximum absolute atomic E-state index is 12.5. The van der Waals surface area contributed by atoms with Crippen LogP contribution in [0.5, 0.6) is 0 Å². The lowest BCUT2D eigenvalue weighted by Crippen LogP contribution is -2.33. The summed E-state index contributed by atoms with van der Waals surface area (Å²) < 4.78 is 1.76. The van der Waals surface area contributed by atoms with Gasteiger partial charge in [-0.1, -0.05) is 6.07 Å². The average molecular weight is 257 g/mol. The van der Waals surface area contributed by atoms with E-state index in [1.807, 2.05) is 32.0 Å². The second-order valence-corrected chi connectivity index (χ2v) is 5.25. The van der Waals surface area contributed by atoms with Crippen LogP contribution in [0, 0.1) is 13.8 Å². The van der Waals surface area contributed by atoms with E-state index in [2.05, 4.69) is 9.88 Å². The first-order chi connectivity index (χ1) is 9.18. The molecule has 0 radical (unpaired) electrons. The summed E-state index contributed by atoms with van der Waals surface area (Å²) in [4.78, 5) is 19.3. The molecule has 3 heterocycles. The zero-order chi connectivity index (χ0) is 13.4. The quantitative estimate of drug-likeness (QED) is 0.786. The molecular formula is C15H19N3O. The van der Waals surface area contributed by atoms with Crippen LogP contribution in [0.3, 0.4) is 0 Å². The van der Waals surface area contributed by atoms with Crippen molar-refractivity contribution in [2.45, 2.75) is 33.1 Å². The molecule has 4 heteroatoms. The van der Waals surface area contributed by atoms with E-state index in [0.29, 0.717) is 0 Å². The molecule has 19 heavy (non-hydrogen) atoms. The Balaban J connectivity index is 2.25. The summed E-state index contributed by atoms with van der Waals surface area (Å²) in [5.74, 6) is 0.984. The highest BCUT2D eigenvalue weighted by atomic mass is 16.1. The van der Waals surface area contributed by atoms with Gasteiger partial charge in [-0.05, 0) is 45.2 Å². The normalized spacial score (nSPS) is 16.0. The molecule has 3 rings (SSSR count). The number of pyridine rings is 1. The van der Waals surface area contributed by atoms with E-state index in [4.69, 9.17) is 0 Å². The maximum atomic E-state index is 12.5. The molecule has 0 spiro atoms. The van der Waals surface area contributed by atoms with Gasteiger partial charge in [0, 0.05) is 24.3 Å². The molecule has 0 atom stereocenters. The third-order valence-electron chi connectivity index (χ3n) is 3.98. The fourth-order valence-electron chi connectivity index (χ4n) is 2.73. The highest BCUT2D eigenvalue weighted by Gasteiger charge is 2.16. The highest BCUT2D eigenvalue weighted by molar-refractivity contribution is 5.52. The largest absolute Gasteiger partial charge is 0.358 e. The lowest BCUT2D eigenvalue weighted by molar-refractivity contribution is 0.570. The molecule has 4 nitrogen and oxygen atoms in total. The van der Waals surface area contributed by atoms with Crippen molar-refractivity contribution in [3.05, 3.63) is 39.8 Å². The van der Waals surface area contributed by atoms with Crippen LogP contribution >= 0.6 is 0 Å². The summed E-state index contributed by atoms with van der Waals surface area (Å²) >= 11 is 0. The zero-order valence-corrected chi connectivity index (χ0v) is 11.5. The number of hydrogen-bond acceptors (Lipinski definition) is 3. The van der Waals surface area contributed by atoms with Crippen LogP contribution in [0.1, 0.15) is 30.5 Å². The summed E-state index contributed by atoms with van der Waals surface area (Å²) in [5.41, 5.74) is 2.36. The van der Waals surface area contributed by atoms with Crippen LogP contribution in [0.4, 0.5) is 5.82 Å². The molecule has 2 aromatic heterocycles. The lowest BCUT2D eigenvalue weighted by Gasteiger charge is -2.29. The molecule has 0 unspecified atom stereocenters. The van der Waals surface area contributed by atoms with Crippen molar-refractivity contribution < 1.29 is 0 Å². The minimum atomic E-state index is 0.0590. The number of aromatic nitrogens is 2. The number of fused-ring (bicyclic) bond motifs is 1. The Kier molecular flexibility index (Phi) is 3.01. The van der Waals surface area contributed by atoms with Gasteiger partial charge in [-0.3, -0.25) is 4.79 Å². The van der Waals surface area contributed by atoms with Gasteiger partial charge in [-0.15, -0.1) is 0 Å². The summed E-state index contributed by atoms with van der Waals surface area (Å²) in [6, 6.07) is 5.91. The number of aryl methyl sites for hydroxylation is 1. The van der Waals surface area contributed by atoms with Crippen LogP contribution < -0.4 is 10.5 Å². The van der Waals surface area contributed by atoms with Gasteiger partial charge in [0.15, 0.2) is 0 Å². The zero-order valence-electron chi connectivity index (χ0n) is 11.5. The van der Waals surface area contributed by atoms with Gasteiger partial charge >= 0.3 is 0 Å². The molecular weight excluding hydrogens is 238 g/mol. The van der Waals surface area contributed by atoms with Crippen molar-refractivity contribution in [2.24, 2.45) is 0 Å². The SMILES string of the molecule is Cc1nc2cccc(N3CCCCC3)n2c(=O)c1C. The molecule has 1 fully saturated rings. The molecule has 0 N–H and O–H groups in total. The Labute approximate surface area is 112 Å². The standard InChI is InChI=1S/C15H19N3O/c1-11-12(2)16-13-7-6-8-14(18(13)15(11)19)17-9-4-3-5-10-17/h6-8H,3-5,9-10H2,1-2H3. The summed E-state index contributed by atoms with van der Waals surface area (Å²) in [7, 11) is 0. The summed E-state index contributed by atoms with van der Waals surface area (Å²) in [5, 5.41) is 0. The van der Waals surface area contributed by atoms with Crippen LogP contribution in [-0.4, -0.2) is 22.5 Å². The van der Waals surface area contributed by atoms with Crippen LogP contribution in [-0.2, 0) is 0 Å². The molecule has 0 amide bonds. The van der Waals surface area contributed by atoms with E-state index in [0.717, 1.165) is 35.8 Å². The lowest BCUT2D eigenvalue weighted by atomic mass is 10.1. The van der Waals surface area contributed by atoms with Gasteiger partial charge in [0.1, 0.15) is 11.5 Å². The first-order valence-corrected chi connectivity index (χ1v) is 6.92. The number of hydrogen-bond donors (Lipinski definition) is 0. The molecule has 2 aromatic rings. The maximum Gasteiger partial charge on any atom is 0.262 e. The van der Waals surface area contributed by atoms with Crippen molar-refractivity contribution in [2.75, 3.05) is 18.0 Å². The van der Waals surface area contributed by atoms with E-state index in [1.54, 1.807) is 4.40 Å². The molecule has 1 saturated heterocycles. The molecule has 100 valence electrons. The Hall–Kier alpha value is -1.84. The topological polar surface area (TPSA) is 37.6 Å². The van der Waals surface area contributed by atoms with Crippen LogP contribution in [0.25, 0.3) is 5.65 Å². The molecule has 1 aliphatic heterocycles. The van der Waals surface area contributed by atoms with Gasteiger partial charge in [-0.25, -0.2) is 9.38 Å². The predicted molar refractivity (Wildman–Crippen MR) is 77.0 cm³/mol. The number of piperidine rings is 1. The van der Waals surface area contributed by atoms with Crippen molar-refractivity contribution in [3.63, 3.8) is 0 Å². The van der Waals surface area contributed by atoms with Crippen molar-refractivity contribution in [1.29, 1.82) is 0 Å². The molecule has 0 saturated carbocycles. The highest BCUT2D eigenvalue weighted by Crippen LogP contribution is 2.20. The number of nitrogens with zero attached hydrogens (tertiary/aromatic N) is 3. The van der Waals surface area contributed by atoms with Gasteiger partial charge in [0.05, 0.1) is 0 Å². The first kappa shape index (κ1) is 12.2. The third-order valence-corrected chi connectivity index (χ3v) is 3.98. The molecule has 0 aromatic carbocycles. The van der Waals surface area contributed by atoms with Crippen molar-refractivity contribution in [3.8, 4) is 0 Å².